The fourth-order valence-electron chi connectivity index (χ4n) is 2.24. The minimum absolute atomic E-state index is 0.181. The van der Waals surface area contributed by atoms with Crippen LogP contribution >= 0.6 is 0 Å². The Morgan fingerprint density at radius 1 is 1.33 bits per heavy atom. The minimum atomic E-state index is 0.181. The van der Waals surface area contributed by atoms with Gasteiger partial charge in [0.1, 0.15) is 11.5 Å². The zero-order valence-corrected chi connectivity index (χ0v) is 8.78. The number of hydrogen-bond acceptors (Lipinski definition) is 2. The Hall–Kier alpha value is -1.31. The zero-order chi connectivity index (χ0) is 10.7. The van der Waals surface area contributed by atoms with Crippen LogP contribution in [0.4, 0.5) is 0 Å². The first-order valence-electron chi connectivity index (χ1n) is 5.56. The van der Waals surface area contributed by atoms with Crippen LogP contribution in [0.3, 0.4) is 0 Å². The number of aromatic hydroxyl groups is 1. The lowest BCUT2D eigenvalue weighted by molar-refractivity contribution is -0.124. The van der Waals surface area contributed by atoms with E-state index >= 15 is 0 Å². The van der Waals surface area contributed by atoms with Crippen LogP contribution in [0.25, 0.3) is 0 Å². The molecule has 0 spiro atoms. The number of ketones is 1. The molecule has 1 aromatic carbocycles. The molecule has 1 N–H and O–H groups in total. The number of Topliss-reactive ketones (excluding diaryl/α,β-unsaturated/α-hetero) is 1. The molecule has 0 amide bonds. The van der Waals surface area contributed by atoms with Gasteiger partial charge in [-0.15, -0.1) is 0 Å². The second kappa shape index (κ2) is 4.47. The van der Waals surface area contributed by atoms with Crippen molar-refractivity contribution in [2.45, 2.75) is 32.1 Å². The first-order chi connectivity index (χ1) is 7.25. The van der Waals surface area contributed by atoms with Crippen molar-refractivity contribution in [2.75, 3.05) is 0 Å². The number of carbonyl (C=O) groups excluding carboxylic acids is 1. The molecule has 0 radical (unpaired) electrons. The van der Waals surface area contributed by atoms with E-state index in [0.29, 0.717) is 5.78 Å². The molecule has 1 fully saturated rings. The molecule has 1 aromatic rings. The van der Waals surface area contributed by atoms with E-state index in [1.165, 1.54) is 0 Å². The number of phenols is 1. The molecule has 1 atom stereocenters. The number of hydrogen-bond donors (Lipinski definition) is 1. The topological polar surface area (TPSA) is 37.3 Å². The largest absolute Gasteiger partial charge is 0.508 e. The Morgan fingerprint density at radius 2 is 2.20 bits per heavy atom. The molecule has 0 aromatic heterocycles. The van der Waals surface area contributed by atoms with Crippen molar-refractivity contribution in [1.82, 2.24) is 0 Å². The van der Waals surface area contributed by atoms with Gasteiger partial charge in [0.2, 0.25) is 0 Å². The lowest BCUT2D eigenvalue weighted by Crippen LogP contribution is -2.20. The minimum Gasteiger partial charge on any atom is -0.508 e. The summed E-state index contributed by atoms with van der Waals surface area (Å²) in [5.74, 6) is 0.862. The van der Waals surface area contributed by atoms with Gasteiger partial charge in [0.15, 0.2) is 0 Å². The van der Waals surface area contributed by atoms with Gasteiger partial charge in [0.05, 0.1) is 0 Å². The standard InChI is InChI=1S/C13H16O2/c14-12-6-3-4-10(9-12)8-11-5-1-2-7-13(11)15/h3-4,6,9,11,14H,1-2,5,7-8H2. The van der Waals surface area contributed by atoms with Gasteiger partial charge < -0.3 is 5.11 Å². The summed E-state index contributed by atoms with van der Waals surface area (Å²) in [6, 6.07) is 7.22. The fourth-order valence-corrected chi connectivity index (χ4v) is 2.24. The highest BCUT2D eigenvalue weighted by Gasteiger charge is 2.22. The predicted octanol–water partition coefficient (Wildman–Crippen LogP) is 2.69. The molecule has 0 saturated heterocycles. The maximum Gasteiger partial charge on any atom is 0.136 e. The van der Waals surface area contributed by atoms with Gasteiger partial charge in [-0.05, 0) is 37.0 Å². The van der Waals surface area contributed by atoms with Crippen molar-refractivity contribution in [3.63, 3.8) is 0 Å². The van der Waals surface area contributed by atoms with Crippen molar-refractivity contribution in [1.29, 1.82) is 0 Å². The third-order valence-electron chi connectivity index (χ3n) is 3.07. The van der Waals surface area contributed by atoms with E-state index in [1.54, 1.807) is 12.1 Å². The summed E-state index contributed by atoms with van der Waals surface area (Å²) < 4.78 is 0. The summed E-state index contributed by atoms with van der Waals surface area (Å²) in [7, 11) is 0. The van der Waals surface area contributed by atoms with Crippen LogP contribution in [-0.2, 0) is 11.2 Å². The van der Waals surface area contributed by atoms with Gasteiger partial charge in [-0.2, -0.15) is 0 Å². The lowest BCUT2D eigenvalue weighted by atomic mass is 9.84. The van der Waals surface area contributed by atoms with E-state index in [0.717, 1.165) is 37.7 Å². The highest BCUT2D eigenvalue weighted by atomic mass is 16.3. The summed E-state index contributed by atoms with van der Waals surface area (Å²) in [5, 5.41) is 9.32. The number of benzene rings is 1. The van der Waals surface area contributed by atoms with Gasteiger partial charge in [0, 0.05) is 12.3 Å². The Bertz CT molecular complexity index is 357. The highest BCUT2D eigenvalue weighted by Crippen LogP contribution is 2.25. The van der Waals surface area contributed by atoms with Gasteiger partial charge in [0.25, 0.3) is 0 Å². The van der Waals surface area contributed by atoms with Crippen molar-refractivity contribution in [2.24, 2.45) is 5.92 Å². The molecule has 80 valence electrons. The fraction of sp³-hybridized carbons (Fsp3) is 0.462. The van der Waals surface area contributed by atoms with Crippen molar-refractivity contribution >= 4 is 5.78 Å². The van der Waals surface area contributed by atoms with Gasteiger partial charge in [-0.1, -0.05) is 18.6 Å². The highest BCUT2D eigenvalue weighted by molar-refractivity contribution is 5.81. The summed E-state index contributed by atoms with van der Waals surface area (Å²) in [4.78, 5) is 11.6. The van der Waals surface area contributed by atoms with Gasteiger partial charge >= 0.3 is 0 Å². The summed E-state index contributed by atoms with van der Waals surface area (Å²) in [6.45, 7) is 0. The third-order valence-corrected chi connectivity index (χ3v) is 3.07. The van der Waals surface area contributed by atoms with Crippen molar-refractivity contribution in [3.8, 4) is 5.75 Å². The average Bonchev–Trinajstić information content (AvgIpc) is 2.22. The molecule has 15 heavy (non-hydrogen) atoms. The van der Waals surface area contributed by atoms with Crippen LogP contribution in [-0.4, -0.2) is 10.9 Å². The number of phenolic OH excluding ortho intramolecular Hbond substituents is 1. The molecular formula is C13H16O2. The van der Waals surface area contributed by atoms with Crippen LogP contribution in [0.1, 0.15) is 31.2 Å². The molecule has 2 heteroatoms. The summed E-state index contributed by atoms with van der Waals surface area (Å²) >= 11 is 0. The Kier molecular flexibility index (Phi) is 3.05. The predicted molar refractivity (Wildman–Crippen MR) is 58.8 cm³/mol. The lowest BCUT2D eigenvalue weighted by Gasteiger charge is -2.20. The first kappa shape index (κ1) is 10.2. The number of rotatable bonds is 2. The van der Waals surface area contributed by atoms with E-state index < -0.39 is 0 Å². The molecule has 0 aliphatic heterocycles. The molecule has 2 rings (SSSR count). The van der Waals surface area contributed by atoms with Crippen molar-refractivity contribution in [3.05, 3.63) is 29.8 Å². The van der Waals surface area contributed by atoms with E-state index in [-0.39, 0.29) is 11.7 Å². The van der Waals surface area contributed by atoms with Crippen molar-refractivity contribution < 1.29 is 9.90 Å². The molecule has 1 saturated carbocycles. The average molecular weight is 204 g/mol. The molecule has 2 nitrogen and oxygen atoms in total. The van der Waals surface area contributed by atoms with Crippen LogP contribution < -0.4 is 0 Å². The van der Waals surface area contributed by atoms with E-state index in [4.69, 9.17) is 0 Å². The Morgan fingerprint density at radius 3 is 2.93 bits per heavy atom. The zero-order valence-electron chi connectivity index (χ0n) is 8.78. The summed E-state index contributed by atoms with van der Waals surface area (Å²) in [5.41, 5.74) is 1.07. The monoisotopic (exact) mass is 204 g/mol. The van der Waals surface area contributed by atoms with Crippen LogP contribution in [0, 0.1) is 5.92 Å². The first-order valence-corrected chi connectivity index (χ1v) is 5.56. The molecule has 1 aliphatic rings. The van der Waals surface area contributed by atoms with Crippen LogP contribution in [0.15, 0.2) is 24.3 Å². The molecule has 1 aliphatic carbocycles. The van der Waals surface area contributed by atoms with E-state index in [9.17, 15) is 9.90 Å². The Labute approximate surface area is 89.9 Å². The van der Waals surface area contributed by atoms with Crippen LogP contribution in [0.5, 0.6) is 5.75 Å². The van der Waals surface area contributed by atoms with Gasteiger partial charge in [-0.3, -0.25) is 4.79 Å². The van der Waals surface area contributed by atoms with Crippen LogP contribution in [0.2, 0.25) is 0 Å². The summed E-state index contributed by atoms with van der Waals surface area (Å²) in [6.07, 6.45) is 4.75. The maximum atomic E-state index is 11.6. The quantitative estimate of drug-likeness (QED) is 0.804. The Balaban J connectivity index is 2.04. The normalized spacial score (nSPS) is 21.6. The SMILES string of the molecule is O=C1CCCCC1Cc1cccc(O)c1. The maximum absolute atomic E-state index is 11.6. The van der Waals surface area contributed by atoms with E-state index in [2.05, 4.69) is 0 Å². The van der Waals surface area contributed by atoms with Gasteiger partial charge in [-0.25, -0.2) is 0 Å². The third kappa shape index (κ3) is 2.58. The molecule has 0 heterocycles. The molecular weight excluding hydrogens is 188 g/mol. The second-order valence-electron chi connectivity index (χ2n) is 4.28. The van der Waals surface area contributed by atoms with E-state index in [1.807, 2.05) is 12.1 Å². The number of carbonyl (C=O) groups is 1. The smallest absolute Gasteiger partial charge is 0.136 e. The molecule has 1 unspecified atom stereocenters. The molecule has 0 bridgehead atoms. The second-order valence-corrected chi connectivity index (χ2v) is 4.28.